The second-order valence-corrected chi connectivity index (χ2v) is 4.66. The molecule has 1 heterocycles. The van der Waals surface area contributed by atoms with Crippen LogP contribution in [0.2, 0.25) is 0 Å². The van der Waals surface area contributed by atoms with Crippen LogP contribution in [0.5, 0.6) is 0 Å². The third kappa shape index (κ3) is 2.18. The zero-order valence-corrected chi connectivity index (χ0v) is 9.37. The molecule has 1 aliphatic carbocycles. The summed E-state index contributed by atoms with van der Waals surface area (Å²) in [6.45, 7) is 2.22. The van der Waals surface area contributed by atoms with E-state index in [4.69, 9.17) is 5.73 Å². The van der Waals surface area contributed by atoms with Crippen molar-refractivity contribution in [1.82, 2.24) is 9.78 Å². The molecule has 2 N–H and O–H groups in total. The highest BCUT2D eigenvalue weighted by Gasteiger charge is 2.23. The number of nitrogens with zero attached hydrogens (tertiary/aromatic N) is 2. The molecule has 0 saturated heterocycles. The maximum Gasteiger partial charge on any atom is 0.284 e. The lowest BCUT2D eigenvalue weighted by molar-refractivity contribution is 0.144. The highest BCUT2D eigenvalue weighted by molar-refractivity contribution is 5.41. The van der Waals surface area contributed by atoms with Crippen LogP contribution in [-0.4, -0.2) is 9.78 Å². The quantitative estimate of drug-likeness (QED) is 0.846. The van der Waals surface area contributed by atoms with E-state index in [1.165, 1.54) is 0 Å². The normalized spacial score (nSPS) is 26.2. The fourth-order valence-corrected chi connectivity index (χ4v) is 2.28. The van der Waals surface area contributed by atoms with Crippen molar-refractivity contribution >= 4 is 5.69 Å². The van der Waals surface area contributed by atoms with Crippen molar-refractivity contribution in [2.24, 2.45) is 5.92 Å². The molecule has 16 heavy (non-hydrogen) atoms. The molecular weight excluding hydrogens is 212 g/mol. The number of alkyl halides is 2. The number of halogens is 2. The molecule has 0 atom stereocenters. The summed E-state index contributed by atoms with van der Waals surface area (Å²) in [5, 5.41) is 3.90. The van der Waals surface area contributed by atoms with Crippen LogP contribution in [0, 0.1) is 5.92 Å². The van der Waals surface area contributed by atoms with Gasteiger partial charge in [0.25, 0.3) is 6.43 Å². The zero-order valence-electron chi connectivity index (χ0n) is 9.37. The van der Waals surface area contributed by atoms with Gasteiger partial charge in [-0.15, -0.1) is 0 Å². The summed E-state index contributed by atoms with van der Waals surface area (Å²) in [6, 6.07) is 0.242. The minimum Gasteiger partial charge on any atom is -0.396 e. The summed E-state index contributed by atoms with van der Waals surface area (Å²) < 4.78 is 26.7. The molecule has 1 aromatic rings. The Morgan fingerprint density at radius 1 is 1.38 bits per heavy atom. The fraction of sp³-hybridized carbons (Fsp3) is 0.727. The second-order valence-electron chi connectivity index (χ2n) is 4.66. The molecule has 0 unspecified atom stereocenters. The Morgan fingerprint density at radius 2 is 2.00 bits per heavy atom. The van der Waals surface area contributed by atoms with E-state index in [0.29, 0.717) is 0 Å². The Labute approximate surface area is 93.6 Å². The molecule has 1 aromatic heterocycles. The first-order chi connectivity index (χ1) is 7.58. The highest BCUT2D eigenvalue weighted by atomic mass is 19.3. The SMILES string of the molecule is C[C@H]1CC[C@H](n2cc(N)c(C(F)F)n2)CC1. The molecule has 3 nitrogen and oxygen atoms in total. The molecule has 90 valence electrons. The van der Waals surface area contributed by atoms with Crippen LogP contribution in [0.15, 0.2) is 6.20 Å². The van der Waals surface area contributed by atoms with Gasteiger partial charge < -0.3 is 5.73 Å². The van der Waals surface area contributed by atoms with Crippen LogP contribution >= 0.6 is 0 Å². The lowest BCUT2D eigenvalue weighted by atomic mass is 9.87. The van der Waals surface area contributed by atoms with Crippen molar-refractivity contribution in [2.45, 2.75) is 45.1 Å². The average Bonchev–Trinajstić information content (AvgIpc) is 2.61. The number of anilines is 1. The van der Waals surface area contributed by atoms with E-state index in [2.05, 4.69) is 12.0 Å². The molecule has 0 aromatic carbocycles. The molecule has 0 spiro atoms. The Kier molecular flexibility index (Phi) is 3.12. The first kappa shape index (κ1) is 11.4. The molecule has 0 aliphatic heterocycles. The molecular formula is C11H17F2N3. The lowest BCUT2D eigenvalue weighted by Gasteiger charge is -2.26. The van der Waals surface area contributed by atoms with Crippen LogP contribution in [0.4, 0.5) is 14.5 Å². The monoisotopic (exact) mass is 229 g/mol. The molecule has 2 rings (SSSR count). The van der Waals surface area contributed by atoms with Gasteiger partial charge in [0.2, 0.25) is 0 Å². The van der Waals surface area contributed by atoms with Crippen molar-refractivity contribution in [3.63, 3.8) is 0 Å². The Balaban J connectivity index is 2.12. The standard InChI is InChI=1S/C11H17F2N3/c1-7-2-4-8(5-3-7)16-6-9(14)10(15-16)11(12)13/h6-8,11H,2-5,14H2,1H3/t7-,8-. The first-order valence-electron chi connectivity index (χ1n) is 5.70. The van der Waals surface area contributed by atoms with E-state index in [1.54, 1.807) is 10.9 Å². The number of nitrogen functional groups attached to an aromatic ring is 1. The Bertz CT molecular complexity index is 354. The highest BCUT2D eigenvalue weighted by Crippen LogP contribution is 2.33. The van der Waals surface area contributed by atoms with Gasteiger partial charge in [-0.1, -0.05) is 6.92 Å². The predicted molar refractivity (Wildman–Crippen MR) is 58.3 cm³/mol. The van der Waals surface area contributed by atoms with Gasteiger partial charge >= 0.3 is 0 Å². The van der Waals surface area contributed by atoms with Gasteiger partial charge in [0.15, 0.2) is 5.69 Å². The predicted octanol–water partition coefficient (Wildman–Crippen LogP) is 3.15. The zero-order chi connectivity index (χ0) is 11.7. The van der Waals surface area contributed by atoms with E-state index >= 15 is 0 Å². The fourth-order valence-electron chi connectivity index (χ4n) is 2.28. The van der Waals surface area contributed by atoms with E-state index in [1.807, 2.05) is 0 Å². The number of hydrogen-bond acceptors (Lipinski definition) is 2. The topological polar surface area (TPSA) is 43.8 Å². The van der Waals surface area contributed by atoms with Crippen molar-refractivity contribution in [1.29, 1.82) is 0 Å². The maximum absolute atomic E-state index is 12.5. The average molecular weight is 229 g/mol. The summed E-state index contributed by atoms with van der Waals surface area (Å²) in [5.41, 5.74) is 5.34. The van der Waals surface area contributed by atoms with Gasteiger partial charge in [-0.25, -0.2) is 8.78 Å². The summed E-state index contributed by atoms with van der Waals surface area (Å²) in [7, 11) is 0. The Hall–Kier alpha value is -1.13. The van der Waals surface area contributed by atoms with Crippen LogP contribution < -0.4 is 5.73 Å². The molecule has 0 amide bonds. The minimum atomic E-state index is -2.58. The van der Waals surface area contributed by atoms with Crippen LogP contribution in [-0.2, 0) is 0 Å². The van der Waals surface area contributed by atoms with Crippen LogP contribution in [0.1, 0.15) is 50.8 Å². The van der Waals surface area contributed by atoms with Crippen molar-refractivity contribution in [3.8, 4) is 0 Å². The largest absolute Gasteiger partial charge is 0.396 e. The molecule has 0 bridgehead atoms. The third-order valence-corrected chi connectivity index (χ3v) is 3.36. The van der Waals surface area contributed by atoms with Gasteiger partial charge in [-0.05, 0) is 31.6 Å². The molecule has 1 aliphatic rings. The molecule has 0 radical (unpaired) electrons. The minimum absolute atomic E-state index is 0.105. The summed E-state index contributed by atoms with van der Waals surface area (Å²) in [6.07, 6.45) is 3.24. The first-order valence-corrected chi connectivity index (χ1v) is 5.70. The van der Waals surface area contributed by atoms with Gasteiger partial charge in [-0.2, -0.15) is 5.10 Å². The lowest BCUT2D eigenvalue weighted by Crippen LogP contribution is -2.17. The van der Waals surface area contributed by atoms with Crippen molar-refractivity contribution < 1.29 is 8.78 Å². The van der Waals surface area contributed by atoms with Gasteiger partial charge in [0, 0.05) is 6.20 Å². The summed E-state index contributed by atoms with van der Waals surface area (Å²) in [4.78, 5) is 0. The smallest absolute Gasteiger partial charge is 0.284 e. The number of aromatic nitrogens is 2. The third-order valence-electron chi connectivity index (χ3n) is 3.36. The van der Waals surface area contributed by atoms with Crippen molar-refractivity contribution in [3.05, 3.63) is 11.9 Å². The van der Waals surface area contributed by atoms with Crippen molar-refractivity contribution in [2.75, 3.05) is 5.73 Å². The Morgan fingerprint density at radius 3 is 2.50 bits per heavy atom. The van der Waals surface area contributed by atoms with E-state index < -0.39 is 6.43 Å². The summed E-state index contributed by atoms with van der Waals surface area (Å²) in [5.74, 6) is 0.735. The van der Waals surface area contributed by atoms with E-state index in [0.717, 1.165) is 31.6 Å². The number of nitrogens with two attached hydrogens (primary N) is 1. The molecule has 1 saturated carbocycles. The van der Waals surface area contributed by atoms with Gasteiger partial charge in [-0.3, -0.25) is 4.68 Å². The van der Waals surface area contributed by atoms with Crippen LogP contribution in [0.25, 0.3) is 0 Å². The molecule has 5 heteroatoms. The van der Waals surface area contributed by atoms with Gasteiger partial charge in [0.05, 0.1) is 11.7 Å². The molecule has 1 fully saturated rings. The number of rotatable bonds is 2. The summed E-state index contributed by atoms with van der Waals surface area (Å²) >= 11 is 0. The second kappa shape index (κ2) is 4.39. The maximum atomic E-state index is 12.5. The van der Waals surface area contributed by atoms with Crippen LogP contribution in [0.3, 0.4) is 0 Å². The van der Waals surface area contributed by atoms with Gasteiger partial charge in [0.1, 0.15) is 0 Å². The number of hydrogen-bond donors (Lipinski definition) is 1. The van der Waals surface area contributed by atoms with E-state index in [9.17, 15) is 8.78 Å². The van der Waals surface area contributed by atoms with E-state index in [-0.39, 0.29) is 17.4 Å².